The van der Waals surface area contributed by atoms with Gasteiger partial charge in [-0.2, -0.15) is 0 Å². The van der Waals surface area contributed by atoms with E-state index in [1.807, 2.05) is 0 Å². The normalized spacial score (nSPS) is 10.2. The van der Waals surface area contributed by atoms with E-state index in [0.717, 1.165) is 17.7 Å². The Balaban J connectivity index is 1.63. The van der Waals surface area contributed by atoms with Gasteiger partial charge < -0.3 is 5.32 Å². The Morgan fingerprint density at radius 2 is 1.61 bits per heavy atom. The van der Waals surface area contributed by atoms with E-state index in [-0.39, 0.29) is 31.4 Å². The maximum Gasteiger partial charge on any atom is 0.254 e. The molecule has 0 saturated heterocycles. The van der Waals surface area contributed by atoms with Gasteiger partial charge in [-0.3, -0.25) is 25.2 Å². The average Bonchev–Trinajstić information content (AvgIpc) is 2.65. The van der Waals surface area contributed by atoms with E-state index in [1.54, 1.807) is 24.3 Å². The molecule has 0 radical (unpaired) electrons. The number of hydrogen-bond acceptors (Lipinski definition) is 3. The summed E-state index contributed by atoms with van der Waals surface area (Å²) in [5.41, 5.74) is 5.03. The van der Waals surface area contributed by atoms with Crippen LogP contribution in [0.15, 0.2) is 42.5 Å². The Kier molecular flexibility index (Phi) is 7.88. The minimum Gasteiger partial charge on any atom is -0.352 e. The smallest absolute Gasteiger partial charge is 0.254 e. The lowest BCUT2D eigenvalue weighted by molar-refractivity contribution is -0.128. The molecule has 0 atom stereocenters. The fourth-order valence-corrected chi connectivity index (χ4v) is 2.38. The van der Waals surface area contributed by atoms with Gasteiger partial charge in [0.05, 0.1) is 12.0 Å². The van der Waals surface area contributed by atoms with Crippen LogP contribution in [0.25, 0.3) is 0 Å². The summed E-state index contributed by atoms with van der Waals surface area (Å²) in [5.74, 6) is -3.26. The molecule has 2 rings (SSSR count). The van der Waals surface area contributed by atoms with Crippen LogP contribution in [-0.2, 0) is 16.0 Å². The number of amides is 3. The first kappa shape index (κ1) is 21.3. The van der Waals surface area contributed by atoms with Crippen LogP contribution in [0.3, 0.4) is 0 Å². The van der Waals surface area contributed by atoms with Crippen LogP contribution < -0.4 is 16.2 Å². The topological polar surface area (TPSA) is 87.3 Å². The zero-order valence-electron chi connectivity index (χ0n) is 14.7. The summed E-state index contributed by atoms with van der Waals surface area (Å²) in [6.07, 6.45) is 0.386. The maximum atomic E-state index is 13.5. The molecule has 3 amide bonds. The minimum absolute atomic E-state index is 0.0351. The third kappa shape index (κ3) is 6.96. The van der Waals surface area contributed by atoms with Crippen LogP contribution in [0.1, 0.15) is 28.8 Å². The largest absolute Gasteiger partial charge is 0.352 e. The fraction of sp³-hybridized carbons (Fsp3) is 0.211. The number of carbonyl (C=O) groups is 3. The zero-order valence-corrected chi connectivity index (χ0v) is 15.5. The molecule has 0 fully saturated rings. The van der Waals surface area contributed by atoms with Gasteiger partial charge in [0, 0.05) is 24.1 Å². The number of halogens is 3. The Morgan fingerprint density at radius 1 is 0.929 bits per heavy atom. The molecule has 0 saturated carbocycles. The standard InChI is InChI=1S/C19H18ClF2N3O3/c20-13-5-3-12(4-6-13)10-18(27)25-24-17(26)2-1-9-23-19(28)15-8-7-14(21)11-16(15)22/h3-8,11H,1-2,9-10H2,(H,23,28)(H,24,26)(H,25,27). The number of carbonyl (C=O) groups excluding carboxylic acids is 3. The molecule has 0 aliphatic carbocycles. The summed E-state index contributed by atoms with van der Waals surface area (Å²) >= 11 is 5.76. The lowest BCUT2D eigenvalue weighted by Gasteiger charge is -2.08. The molecule has 148 valence electrons. The molecule has 2 aromatic rings. The van der Waals surface area contributed by atoms with E-state index in [4.69, 9.17) is 11.6 Å². The molecule has 0 aliphatic heterocycles. The van der Waals surface area contributed by atoms with Gasteiger partial charge in [-0.05, 0) is 36.2 Å². The van der Waals surface area contributed by atoms with Gasteiger partial charge in [0.2, 0.25) is 11.8 Å². The maximum absolute atomic E-state index is 13.5. The molecule has 0 aliphatic rings. The molecule has 28 heavy (non-hydrogen) atoms. The van der Waals surface area contributed by atoms with Crippen molar-refractivity contribution in [3.63, 3.8) is 0 Å². The summed E-state index contributed by atoms with van der Waals surface area (Å²) < 4.78 is 26.3. The van der Waals surface area contributed by atoms with Crippen LogP contribution in [0.4, 0.5) is 8.78 Å². The van der Waals surface area contributed by atoms with E-state index in [2.05, 4.69) is 16.2 Å². The molecule has 0 heterocycles. The molecule has 3 N–H and O–H groups in total. The Labute approximate surface area is 165 Å². The first-order valence-electron chi connectivity index (χ1n) is 8.40. The van der Waals surface area contributed by atoms with Gasteiger partial charge in [0.25, 0.3) is 5.91 Å². The Morgan fingerprint density at radius 3 is 2.29 bits per heavy atom. The van der Waals surface area contributed by atoms with Crippen molar-refractivity contribution in [1.82, 2.24) is 16.2 Å². The van der Waals surface area contributed by atoms with Gasteiger partial charge in [0.1, 0.15) is 11.6 Å². The molecular weight excluding hydrogens is 392 g/mol. The quantitative estimate of drug-likeness (QED) is 0.485. The van der Waals surface area contributed by atoms with Crippen molar-refractivity contribution in [2.75, 3.05) is 6.54 Å². The van der Waals surface area contributed by atoms with Crippen LogP contribution >= 0.6 is 11.6 Å². The second kappa shape index (κ2) is 10.4. The van der Waals surface area contributed by atoms with Crippen molar-refractivity contribution in [3.05, 3.63) is 70.2 Å². The molecular formula is C19H18ClF2N3O3. The van der Waals surface area contributed by atoms with E-state index < -0.39 is 29.4 Å². The molecule has 0 bridgehead atoms. The third-order valence-corrected chi connectivity index (χ3v) is 3.91. The van der Waals surface area contributed by atoms with Crippen molar-refractivity contribution < 1.29 is 23.2 Å². The number of nitrogens with one attached hydrogen (secondary N) is 3. The van der Waals surface area contributed by atoms with Crippen LogP contribution in [-0.4, -0.2) is 24.3 Å². The summed E-state index contributed by atoms with van der Waals surface area (Å²) in [6.45, 7) is 0.113. The Hall–Kier alpha value is -3.00. The highest BCUT2D eigenvalue weighted by Gasteiger charge is 2.12. The van der Waals surface area contributed by atoms with Gasteiger partial charge in [-0.1, -0.05) is 23.7 Å². The van der Waals surface area contributed by atoms with Crippen LogP contribution in [0.5, 0.6) is 0 Å². The van der Waals surface area contributed by atoms with Gasteiger partial charge in [-0.25, -0.2) is 8.78 Å². The molecule has 2 aromatic carbocycles. The average molecular weight is 410 g/mol. The lowest BCUT2D eigenvalue weighted by Crippen LogP contribution is -2.42. The predicted octanol–water partition coefficient (Wildman–Crippen LogP) is 2.52. The van der Waals surface area contributed by atoms with E-state index in [1.165, 1.54) is 0 Å². The number of rotatable bonds is 7. The molecule has 9 heteroatoms. The summed E-state index contributed by atoms with van der Waals surface area (Å²) in [6, 6.07) is 9.38. The van der Waals surface area contributed by atoms with Crippen molar-refractivity contribution >= 4 is 29.3 Å². The van der Waals surface area contributed by atoms with Gasteiger partial charge in [-0.15, -0.1) is 0 Å². The fourth-order valence-electron chi connectivity index (χ4n) is 2.25. The van der Waals surface area contributed by atoms with E-state index >= 15 is 0 Å². The number of hydrogen-bond donors (Lipinski definition) is 3. The lowest BCUT2D eigenvalue weighted by atomic mass is 10.1. The molecule has 0 unspecified atom stereocenters. The SMILES string of the molecule is O=C(CCCNC(=O)c1ccc(F)cc1F)NNC(=O)Cc1ccc(Cl)cc1. The highest BCUT2D eigenvalue weighted by molar-refractivity contribution is 6.30. The van der Waals surface area contributed by atoms with Crippen molar-refractivity contribution in [2.45, 2.75) is 19.3 Å². The second-order valence-electron chi connectivity index (χ2n) is 5.88. The van der Waals surface area contributed by atoms with Crippen molar-refractivity contribution in [1.29, 1.82) is 0 Å². The highest BCUT2D eigenvalue weighted by atomic mass is 35.5. The highest BCUT2D eigenvalue weighted by Crippen LogP contribution is 2.10. The van der Waals surface area contributed by atoms with Gasteiger partial charge in [0.15, 0.2) is 0 Å². The second-order valence-corrected chi connectivity index (χ2v) is 6.32. The molecule has 0 aromatic heterocycles. The van der Waals surface area contributed by atoms with Crippen molar-refractivity contribution in [2.24, 2.45) is 0 Å². The summed E-state index contributed by atoms with van der Waals surface area (Å²) in [5, 5.41) is 3.00. The minimum atomic E-state index is -0.960. The number of benzene rings is 2. The molecule has 6 nitrogen and oxygen atoms in total. The van der Waals surface area contributed by atoms with E-state index in [9.17, 15) is 23.2 Å². The first-order chi connectivity index (χ1) is 13.3. The zero-order chi connectivity index (χ0) is 20.5. The predicted molar refractivity (Wildman–Crippen MR) is 99.4 cm³/mol. The summed E-state index contributed by atoms with van der Waals surface area (Å²) in [7, 11) is 0. The number of hydrazine groups is 1. The van der Waals surface area contributed by atoms with Crippen LogP contribution in [0.2, 0.25) is 5.02 Å². The van der Waals surface area contributed by atoms with Crippen LogP contribution in [0, 0.1) is 11.6 Å². The van der Waals surface area contributed by atoms with Crippen molar-refractivity contribution in [3.8, 4) is 0 Å². The molecule has 0 spiro atoms. The van der Waals surface area contributed by atoms with Gasteiger partial charge >= 0.3 is 0 Å². The summed E-state index contributed by atoms with van der Waals surface area (Å²) in [4.78, 5) is 35.2. The first-order valence-corrected chi connectivity index (χ1v) is 8.78. The third-order valence-electron chi connectivity index (χ3n) is 3.66. The Bertz CT molecular complexity index is 860. The monoisotopic (exact) mass is 409 g/mol. The van der Waals surface area contributed by atoms with E-state index in [0.29, 0.717) is 11.1 Å².